The molecular formula is C27H32N2O3. The fourth-order valence-corrected chi connectivity index (χ4v) is 3.39. The van der Waals surface area contributed by atoms with Gasteiger partial charge in [0, 0.05) is 17.9 Å². The van der Waals surface area contributed by atoms with Gasteiger partial charge in [-0.3, -0.25) is 4.79 Å². The summed E-state index contributed by atoms with van der Waals surface area (Å²) in [7, 11) is 0. The van der Waals surface area contributed by atoms with Gasteiger partial charge in [0.2, 0.25) is 0 Å². The molecule has 3 aromatic carbocycles. The molecule has 5 nitrogen and oxygen atoms in total. The summed E-state index contributed by atoms with van der Waals surface area (Å²) in [4.78, 5) is 12.4. The Bertz CT molecular complexity index is 1090. The van der Waals surface area contributed by atoms with Gasteiger partial charge in [-0.05, 0) is 87.2 Å². The Kier molecular flexibility index (Phi) is 7.77. The molecule has 0 spiro atoms. The Labute approximate surface area is 190 Å². The lowest BCUT2D eigenvalue weighted by atomic mass is 10.1. The van der Waals surface area contributed by atoms with E-state index in [1.165, 1.54) is 11.1 Å². The lowest BCUT2D eigenvalue weighted by Crippen LogP contribution is -2.21. The predicted octanol–water partition coefficient (Wildman–Crippen LogP) is 5.95. The van der Waals surface area contributed by atoms with Crippen LogP contribution in [0.25, 0.3) is 0 Å². The molecule has 0 heterocycles. The van der Waals surface area contributed by atoms with Crippen molar-refractivity contribution in [3.8, 4) is 11.5 Å². The van der Waals surface area contributed by atoms with Gasteiger partial charge in [-0.2, -0.15) is 0 Å². The van der Waals surface area contributed by atoms with E-state index in [9.17, 15) is 4.79 Å². The molecule has 0 aliphatic rings. The van der Waals surface area contributed by atoms with E-state index in [0.717, 1.165) is 28.1 Å². The van der Waals surface area contributed by atoms with Gasteiger partial charge in [-0.15, -0.1) is 0 Å². The van der Waals surface area contributed by atoms with Crippen molar-refractivity contribution < 1.29 is 14.3 Å². The largest absolute Gasteiger partial charge is 0.490 e. The molecule has 0 unspecified atom stereocenters. The Morgan fingerprint density at radius 1 is 0.812 bits per heavy atom. The quantitative estimate of drug-likeness (QED) is 0.439. The van der Waals surface area contributed by atoms with Crippen molar-refractivity contribution in [2.45, 2.75) is 41.2 Å². The van der Waals surface area contributed by atoms with Crippen LogP contribution in [-0.2, 0) is 11.3 Å². The number of anilines is 2. The fraction of sp³-hybridized carbons (Fsp3) is 0.296. The predicted molar refractivity (Wildman–Crippen MR) is 131 cm³/mol. The standard InChI is InChI=1S/C27H32N2O3/c1-6-31-26-15-22(16-28-23-10-8-19(3)20(4)14-23)9-12-25(26)32-17-27(30)29-24-11-7-18(2)13-21(24)5/h7-15,28H,6,16-17H2,1-5H3,(H,29,30). The van der Waals surface area contributed by atoms with E-state index >= 15 is 0 Å². The molecule has 0 aromatic heterocycles. The van der Waals surface area contributed by atoms with Crippen LogP contribution in [0.2, 0.25) is 0 Å². The molecule has 0 aliphatic heterocycles. The molecule has 0 saturated heterocycles. The van der Waals surface area contributed by atoms with Crippen LogP contribution in [0.4, 0.5) is 11.4 Å². The molecule has 0 fully saturated rings. The summed E-state index contributed by atoms with van der Waals surface area (Å²) in [6, 6.07) is 18.0. The normalized spacial score (nSPS) is 10.5. The van der Waals surface area contributed by atoms with E-state index < -0.39 is 0 Å². The maximum atomic E-state index is 12.4. The third-order valence-electron chi connectivity index (χ3n) is 5.33. The molecule has 0 radical (unpaired) electrons. The first kappa shape index (κ1) is 23.2. The molecule has 0 atom stereocenters. The highest BCUT2D eigenvalue weighted by Crippen LogP contribution is 2.29. The molecule has 0 aliphatic carbocycles. The molecular weight excluding hydrogens is 400 g/mol. The zero-order chi connectivity index (χ0) is 23.1. The minimum Gasteiger partial charge on any atom is -0.490 e. The molecule has 3 aromatic rings. The van der Waals surface area contributed by atoms with Crippen LogP contribution >= 0.6 is 0 Å². The summed E-state index contributed by atoms with van der Waals surface area (Å²) in [6.07, 6.45) is 0. The molecule has 1 amide bonds. The van der Waals surface area contributed by atoms with Gasteiger partial charge in [0.1, 0.15) is 0 Å². The van der Waals surface area contributed by atoms with Crippen LogP contribution in [-0.4, -0.2) is 19.1 Å². The first-order valence-corrected chi connectivity index (χ1v) is 10.9. The van der Waals surface area contributed by atoms with Gasteiger partial charge in [0.25, 0.3) is 5.91 Å². The van der Waals surface area contributed by atoms with E-state index in [1.807, 2.05) is 57.2 Å². The van der Waals surface area contributed by atoms with Crippen molar-refractivity contribution in [2.75, 3.05) is 23.8 Å². The van der Waals surface area contributed by atoms with E-state index in [0.29, 0.717) is 24.7 Å². The summed E-state index contributed by atoms with van der Waals surface area (Å²) < 4.78 is 11.5. The van der Waals surface area contributed by atoms with Crippen LogP contribution < -0.4 is 20.1 Å². The number of rotatable bonds is 9. The van der Waals surface area contributed by atoms with Crippen molar-refractivity contribution in [2.24, 2.45) is 0 Å². The number of amides is 1. The topological polar surface area (TPSA) is 59.6 Å². The molecule has 168 valence electrons. The molecule has 32 heavy (non-hydrogen) atoms. The van der Waals surface area contributed by atoms with Crippen molar-refractivity contribution in [1.29, 1.82) is 0 Å². The second-order valence-corrected chi connectivity index (χ2v) is 8.02. The number of carbonyl (C=O) groups excluding carboxylic acids is 1. The lowest BCUT2D eigenvalue weighted by Gasteiger charge is -2.15. The number of aryl methyl sites for hydroxylation is 4. The monoisotopic (exact) mass is 432 g/mol. The minimum atomic E-state index is -0.208. The number of ether oxygens (including phenoxy) is 2. The van der Waals surface area contributed by atoms with Gasteiger partial charge >= 0.3 is 0 Å². The summed E-state index contributed by atoms with van der Waals surface area (Å²) in [5.41, 5.74) is 7.65. The number of benzene rings is 3. The van der Waals surface area contributed by atoms with Gasteiger partial charge in [0.05, 0.1) is 6.61 Å². The summed E-state index contributed by atoms with van der Waals surface area (Å²) in [6.45, 7) is 11.2. The van der Waals surface area contributed by atoms with E-state index in [-0.39, 0.29) is 12.5 Å². The lowest BCUT2D eigenvalue weighted by molar-refractivity contribution is -0.118. The maximum absolute atomic E-state index is 12.4. The Balaban J connectivity index is 1.62. The summed E-state index contributed by atoms with van der Waals surface area (Å²) in [5.74, 6) is 0.976. The highest BCUT2D eigenvalue weighted by molar-refractivity contribution is 5.92. The van der Waals surface area contributed by atoms with E-state index in [4.69, 9.17) is 9.47 Å². The van der Waals surface area contributed by atoms with Crippen LogP contribution in [0.5, 0.6) is 11.5 Å². The van der Waals surface area contributed by atoms with Crippen molar-refractivity contribution in [3.05, 3.63) is 82.4 Å². The highest BCUT2D eigenvalue weighted by atomic mass is 16.5. The van der Waals surface area contributed by atoms with Gasteiger partial charge in [-0.25, -0.2) is 0 Å². The first-order valence-electron chi connectivity index (χ1n) is 10.9. The molecule has 0 saturated carbocycles. The maximum Gasteiger partial charge on any atom is 0.262 e. The average molecular weight is 433 g/mol. The third-order valence-corrected chi connectivity index (χ3v) is 5.33. The first-order chi connectivity index (χ1) is 15.4. The number of nitrogens with one attached hydrogen (secondary N) is 2. The van der Waals surface area contributed by atoms with E-state index in [1.54, 1.807) is 0 Å². The Morgan fingerprint density at radius 2 is 1.62 bits per heavy atom. The molecule has 0 bridgehead atoms. The van der Waals surface area contributed by atoms with Crippen LogP contribution in [0.1, 0.15) is 34.7 Å². The van der Waals surface area contributed by atoms with Crippen LogP contribution in [0.3, 0.4) is 0 Å². The molecule has 5 heteroatoms. The molecule has 3 rings (SSSR count). The summed E-state index contributed by atoms with van der Waals surface area (Å²) >= 11 is 0. The number of hydrogen-bond acceptors (Lipinski definition) is 4. The number of carbonyl (C=O) groups is 1. The SMILES string of the molecule is CCOc1cc(CNc2ccc(C)c(C)c2)ccc1OCC(=O)Nc1ccc(C)cc1C. The fourth-order valence-electron chi connectivity index (χ4n) is 3.39. The van der Waals surface area contributed by atoms with E-state index in [2.05, 4.69) is 42.7 Å². The van der Waals surface area contributed by atoms with Crippen molar-refractivity contribution >= 4 is 17.3 Å². The summed E-state index contributed by atoms with van der Waals surface area (Å²) in [5, 5.41) is 6.35. The highest BCUT2D eigenvalue weighted by Gasteiger charge is 2.11. The smallest absolute Gasteiger partial charge is 0.262 e. The van der Waals surface area contributed by atoms with Gasteiger partial charge < -0.3 is 20.1 Å². The van der Waals surface area contributed by atoms with Crippen LogP contribution in [0.15, 0.2) is 54.6 Å². The van der Waals surface area contributed by atoms with Crippen molar-refractivity contribution in [3.63, 3.8) is 0 Å². The zero-order valence-electron chi connectivity index (χ0n) is 19.5. The second-order valence-electron chi connectivity index (χ2n) is 8.02. The minimum absolute atomic E-state index is 0.0897. The zero-order valence-corrected chi connectivity index (χ0v) is 19.5. The van der Waals surface area contributed by atoms with Gasteiger partial charge in [0.15, 0.2) is 18.1 Å². The average Bonchev–Trinajstić information content (AvgIpc) is 2.76. The van der Waals surface area contributed by atoms with Gasteiger partial charge in [-0.1, -0.05) is 29.8 Å². The number of hydrogen-bond donors (Lipinski definition) is 2. The second kappa shape index (κ2) is 10.7. The van der Waals surface area contributed by atoms with Crippen molar-refractivity contribution in [1.82, 2.24) is 0 Å². The third kappa shape index (κ3) is 6.27. The molecule has 2 N–H and O–H groups in total. The Hall–Kier alpha value is -3.47. The Morgan fingerprint density at radius 3 is 2.34 bits per heavy atom. The van der Waals surface area contributed by atoms with Crippen LogP contribution in [0, 0.1) is 27.7 Å².